The van der Waals surface area contributed by atoms with Gasteiger partial charge in [0.2, 0.25) is 0 Å². The number of hydrazone groups is 1. The molecule has 0 bridgehead atoms. The normalized spacial score (nSPS) is 21.8. The average molecular weight is 353 g/mol. The monoisotopic (exact) mass is 353 g/mol. The zero-order chi connectivity index (χ0) is 17.9. The molecule has 5 heteroatoms. The minimum Gasteiger partial charge on any atom is -0.297 e. The molecule has 0 aromatic heterocycles. The number of carbonyl (C=O) groups is 2. The number of para-hydroxylation sites is 1. The highest BCUT2D eigenvalue weighted by Gasteiger charge is 2.32. The summed E-state index contributed by atoms with van der Waals surface area (Å²) in [6.45, 7) is 0.140. The van der Waals surface area contributed by atoms with Crippen LogP contribution in [0.2, 0.25) is 0 Å². The molecular formula is C21H27N3O2. The third kappa shape index (κ3) is 3.39. The number of nitrogens with zero attached hydrogens (tertiary/aromatic N) is 2. The van der Waals surface area contributed by atoms with Gasteiger partial charge in [-0.1, -0.05) is 50.3 Å². The second kappa shape index (κ2) is 7.60. The van der Waals surface area contributed by atoms with E-state index in [0.29, 0.717) is 5.92 Å². The molecule has 0 radical (unpaired) electrons. The quantitative estimate of drug-likeness (QED) is 0.879. The van der Waals surface area contributed by atoms with Crippen molar-refractivity contribution in [3.63, 3.8) is 0 Å². The SMILES string of the molecule is O=C(CN1C(=O)NN=C(C2CCCCC2)c2ccccc21)C1CCCC1. The van der Waals surface area contributed by atoms with Crippen molar-refractivity contribution in [2.45, 2.75) is 57.8 Å². The molecule has 0 atom stereocenters. The van der Waals surface area contributed by atoms with Crippen LogP contribution >= 0.6 is 0 Å². The van der Waals surface area contributed by atoms with Crippen LogP contribution in [0.1, 0.15) is 63.4 Å². The van der Waals surface area contributed by atoms with E-state index in [1.807, 2.05) is 24.3 Å². The fraction of sp³-hybridized carbons (Fsp3) is 0.571. The summed E-state index contributed by atoms with van der Waals surface area (Å²) in [7, 11) is 0. The van der Waals surface area contributed by atoms with Crippen LogP contribution in [0.25, 0.3) is 0 Å². The van der Waals surface area contributed by atoms with Crippen molar-refractivity contribution in [3.8, 4) is 0 Å². The summed E-state index contributed by atoms with van der Waals surface area (Å²) < 4.78 is 0. The van der Waals surface area contributed by atoms with Crippen molar-refractivity contribution in [3.05, 3.63) is 29.8 Å². The van der Waals surface area contributed by atoms with Gasteiger partial charge >= 0.3 is 6.03 Å². The smallest absolute Gasteiger partial charge is 0.297 e. The third-order valence-corrected chi connectivity index (χ3v) is 6.10. The summed E-state index contributed by atoms with van der Waals surface area (Å²) in [5.74, 6) is 0.668. The van der Waals surface area contributed by atoms with Crippen LogP contribution in [-0.4, -0.2) is 24.1 Å². The first-order chi connectivity index (χ1) is 12.7. The molecule has 1 N–H and O–H groups in total. The number of rotatable bonds is 4. The summed E-state index contributed by atoms with van der Waals surface area (Å²) in [6, 6.07) is 7.61. The van der Waals surface area contributed by atoms with E-state index >= 15 is 0 Å². The molecule has 0 saturated heterocycles. The highest BCUT2D eigenvalue weighted by molar-refractivity contribution is 6.12. The van der Waals surface area contributed by atoms with Gasteiger partial charge in [-0.25, -0.2) is 10.2 Å². The molecule has 138 valence electrons. The molecule has 4 rings (SSSR count). The molecule has 1 aliphatic heterocycles. The van der Waals surface area contributed by atoms with Crippen molar-refractivity contribution in [2.75, 3.05) is 11.4 Å². The molecule has 2 aliphatic carbocycles. The van der Waals surface area contributed by atoms with E-state index in [1.54, 1.807) is 4.90 Å². The number of urea groups is 1. The Morgan fingerprint density at radius 3 is 2.50 bits per heavy atom. The Kier molecular flexibility index (Phi) is 5.05. The van der Waals surface area contributed by atoms with Crippen molar-refractivity contribution >= 4 is 23.2 Å². The van der Waals surface area contributed by atoms with Crippen molar-refractivity contribution < 1.29 is 9.59 Å². The minimum atomic E-state index is -0.297. The predicted octanol–water partition coefficient (Wildman–Crippen LogP) is 4.26. The Morgan fingerprint density at radius 2 is 1.73 bits per heavy atom. The molecular weight excluding hydrogens is 326 g/mol. The lowest BCUT2D eigenvalue weighted by Gasteiger charge is -2.25. The lowest BCUT2D eigenvalue weighted by Crippen LogP contribution is -2.41. The number of benzene rings is 1. The number of Topliss-reactive ketones (excluding diaryl/α,β-unsaturated/α-hetero) is 1. The molecule has 2 saturated carbocycles. The number of anilines is 1. The summed E-state index contributed by atoms with van der Waals surface area (Å²) in [6.07, 6.45) is 10.1. The average Bonchev–Trinajstić information content (AvgIpc) is 3.18. The standard InChI is InChI=1S/C21H27N3O2/c25-19(15-8-4-5-9-15)14-24-18-13-7-6-12-17(18)20(22-23-21(24)26)16-10-2-1-3-11-16/h6-7,12-13,15-16H,1-5,8-11,14H2,(H,23,26). The van der Waals surface area contributed by atoms with Gasteiger partial charge in [0.1, 0.15) is 0 Å². The first-order valence-corrected chi connectivity index (χ1v) is 10.0. The van der Waals surface area contributed by atoms with E-state index in [9.17, 15) is 9.59 Å². The van der Waals surface area contributed by atoms with Crippen LogP contribution in [0.3, 0.4) is 0 Å². The van der Waals surface area contributed by atoms with Crippen LogP contribution in [0.5, 0.6) is 0 Å². The fourth-order valence-corrected chi connectivity index (χ4v) is 4.64. The first kappa shape index (κ1) is 17.3. The van der Waals surface area contributed by atoms with Gasteiger partial charge in [-0.15, -0.1) is 0 Å². The summed E-state index contributed by atoms with van der Waals surface area (Å²) >= 11 is 0. The molecule has 1 aromatic carbocycles. The third-order valence-electron chi connectivity index (χ3n) is 6.10. The van der Waals surface area contributed by atoms with Crippen molar-refractivity contribution in [1.29, 1.82) is 0 Å². The Bertz CT molecular complexity index is 716. The minimum absolute atomic E-state index is 0.108. The number of ketones is 1. The largest absolute Gasteiger partial charge is 0.342 e. The second-order valence-electron chi connectivity index (χ2n) is 7.80. The Balaban J connectivity index is 1.63. The van der Waals surface area contributed by atoms with Crippen molar-refractivity contribution in [1.82, 2.24) is 5.43 Å². The highest BCUT2D eigenvalue weighted by Crippen LogP contribution is 2.33. The Labute approximate surface area is 154 Å². The van der Waals surface area contributed by atoms with Gasteiger partial charge in [-0.3, -0.25) is 9.69 Å². The molecule has 1 aromatic rings. The lowest BCUT2D eigenvalue weighted by molar-refractivity contribution is -0.121. The maximum atomic E-state index is 12.7. The highest BCUT2D eigenvalue weighted by atomic mass is 16.2. The van der Waals surface area contributed by atoms with E-state index in [0.717, 1.165) is 55.5 Å². The van der Waals surface area contributed by atoms with E-state index in [4.69, 9.17) is 0 Å². The second-order valence-corrected chi connectivity index (χ2v) is 7.80. The van der Waals surface area contributed by atoms with E-state index in [1.165, 1.54) is 19.3 Å². The number of nitrogens with one attached hydrogen (secondary N) is 1. The molecule has 3 aliphatic rings. The lowest BCUT2D eigenvalue weighted by atomic mass is 9.83. The first-order valence-electron chi connectivity index (χ1n) is 10.0. The van der Waals surface area contributed by atoms with Gasteiger partial charge in [0, 0.05) is 17.4 Å². The topological polar surface area (TPSA) is 61.8 Å². The van der Waals surface area contributed by atoms with Crippen molar-refractivity contribution in [2.24, 2.45) is 16.9 Å². The Morgan fingerprint density at radius 1 is 1.04 bits per heavy atom. The van der Waals surface area contributed by atoms with E-state index in [-0.39, 0.29) is 24.3 Å². The van der Waals surface area contributed by atoms with Gasteiger partial charge in [0.25, 0.3) is 0 Å². The molecule has 2 amide bonds. The molecule has 0 spiro atoms. The summed E-state index contributed by atoms with van der Waals surface area (Å²) in [5.41, 5.74) is 5.50. The van der Waals surface area contributed by atoms with Gasteiger partial charge in [0.15, 0.2) is 5.78 Å². The zero-order valence-corrected chi connectivity index (χ0v) is 15.2. The molecule has 1 heterocycles. The van der Waals surface area contributed by atoms with Crippen LogP contribution in [0.15, 0.2) is 29.4 Å². The maximum absolute atomic E-state index is 12.7. The van der Waals surface area contributed by atoms with Crippen LogP contribution < -0.4 is 10.3 Å². The number of amides is 2. The molecule has 0 unspecified atom stereocenters. The summed E-state index contributed by atoms with van der Waals surface area (Å²) in [5, 5.41) is 4.49. The molecule has 2 fully saturated rings. The summed E-state index contributed by atoms with van der Waals surface area (Å²) in [4.78, 5) is 27.0. The van der Waals surface area contributed by atoms with Crippen LogP contribution in [0, 0.1) is 11.8 Å². The Hall–Kier alpha value is -2.17. The van der Waals surface area contributed by atoms with Gasteiger partial charge in [0.05, 0.1) is 17.9 Å². The number of fused-ring (bicyclic) bond motifs is 1. The van der Waals surface area contributed by atoms with E-state index in [2.05, 4.69) is 10.5 Å². The number of carbonyl (C=O) groups excluding carboxylic acids is 2. The number of hydrogen-bond donors (Lipinski definition) is 1. The van der Waals surface area contributed by atoms with Gasteiger partial charge in [-0.05, 0) is 31.7 Å². The van der Waals surface area contributed by atoms with Crippen LogP contribution in [0.4, 0.5) is 10.5 Å². The molecule has 26 heavy (non-hydrogen) atoms. The fourth-order valence-electron chi connectivity index (χ4n) is 4.64. The zero-order valence-electron chi connectivity index (χ0n) is 15.2. The maximum Gasteiger partial charge on any atom is 0.342 e. The van der Waals surface area contributed by atoms with E-state index < -0.39 is 0 Å². The predicted molar refractivity (Wildman–Crippen MR) is 102 cm³/mol. The number of hydrogen-bond acceptors (Lipinski definition) is 3. The van der Waals surface area contributed by atoms with Gasteiger partial charge < -0.3 is 0 Å². The van der Waals surface area contributed by atoms with Gasteiger partial charge in [-0.2, -0.15) is 5.10 Å². The van der Waals surface area contributed by atoms with Crippen LogP contribution in [-0.2, 0) is 4.79 Å². The molecule has 5 nitrogen and oxygen atoms in total.